The van der Waals surface area contributed by atoms with Crippen molar-refractivity contribution in [1.29, 1.82) is 0 Å². The maximum absolute atomic E-state index is 12.3. The van der Waals surface area contributed by atoms with E-state index in [4.69, 9.17) is 20.9 Å². The fraction of sp³-hybridized carbons (Fsp3) is 0.360. The summed E-state index contributed by atoms with van der Waals surface area (Å²) in [4.78, 5) is 28.4. The van der Waals surface area contributed by atoms with Gasteiger partial charge in [-0.3, -0.25) is 9.59 Å². The average molecular weight is 485 g/mol. The molecule has 9 heteroatoms. The van der Waals surface area contributed by atoms with Crippen LogP contribution in [0.2, 0.25) is 5.02 Å². The molecule has 0 bridgehead atoms. The predicted octanol–water partition coefficient (Wildman–Crippen LogP) is 4.23. The van der Waals surface area contributed by atoms with Crippen molar-refractivity contribution in [3.8, 4) is 17.1 Å². The van der Waals surface area contributed by atoms with Gasteiger partial charge in [-0.1, -0.05) is 61.8 Å². The summed E-state index contributed by atoms with van der Waals surface area (Å²) in [5.74, 6) is -0.0502. The van der Waals surface area contributed by atoms with Gasteiger partial charge < -0.3 is 19.9 Å². The number of hydrogen-bond acceptors (Lipinski definition) is 6. The van der Waals surface area contributed by atoms with Crippen molar-refractivity contribution in [3.05, 3.63) is 64.0 Å². The molecule has 0 saturated carbocycles. The van der Waals surface area contributed by atoms with E-state index in [9.17, 15) is 9.59 Å². The molecule has 0 aliphatic heterocycles. The molecule has 3 aromatic rings. The molecule has 2 aromatic carbocycles. The third kappa shape index (κ3) is 6.57. The predicted molar refractivity (Wildman–Crippen MR) is 130 cm³/mol. The van der Waals surface area contributed by atoms with Crippen LogP contribution in [0.3, 0.4) is 0 Å². The van der Waals surface area contributed by atoms with Gasteiger partial charge in [-0.05, 0) is 48.1 Å². The molecule has 0 aliphatic carbocycles. The summed E-state index contributed by atoms with van der Waals surface area (Å²) in [6.07, 6.45) is 0. The van der Waals surface area contributed by atoms with E-state index in [0.29, 0.717) is 16.6 Å². The Morgan fingerprint density at radius 3 is 2.26 bits per heavy atom. The number of halogens is 1. The molecule has 1 heterocycles. The van der Waals surface area contributed by atoms with Gasteiger partial charge in [-0.2, -0.15) is 4.98 Å². The molecule has 180 valence electrons. The standard InChI is InChI=1S/C25H29ClN4O4/c1-15-12-19(13-16(2)21(15)26)33-14-20(31)27-10-11-28-23(32)24-29-22(30-34-24)17-6-8-18(9-7-17)25(3,4)5/h6-9,12-13H,10-11,14H2,1-5H3,(H,27,31)(H,28,32). The number of aryl methyl sites for hydroxylation is 2. The Balaban J connectivity index is 1.42. The van der Waals surface area contributed by atoms with Gasteiger partial charge in [0, 0.05) is 23.7 Å². The number of nitrogens with one attached hydrogen (secondary N) is 2. The Hall–Kier alpha value is -3.39. The van der Waals surface area contributed by atoms with Crippen molar-refractivity contribution in [3.63, 3.8) is 0 Å². The zero-order valence-corrected chi connectivity index (χ0v) is 20.7. The summed E-state index contributed by atoms with van der Waals surface area (Å²) >= 11 is 6.14. The highest BCUT2D eigenvalue weighted by Crippen LogP contribution is 2.26. The van der Waals surface area contributed by atoms with E-state index < -0.39 is 5.91 Å². The molecule has 2 N–H and O–H groups in total. The number of carbonyl (C=O) groups excluding carboxylic acids is 2. The minimum absolute atomic E-state index is 0.0380. The number of amides is 2. The number of rotatable bonds is 8. The number of ether oxygens (including phenoxy) is 1. The monoisotopic (exact) mass is 484 g/mol. The van der Waals surface area contributed by atoms with E-state index in [0.717, 1.165) is 16.7 Å². The van der Waals surface area contributed by atoms with E-state index in [2.05, 4.69) is 41.5 Å². The molecule has 0 atom stereocenters. The van der Waals surface area contributed by atoms with Crippen molar-refractivity contribution >= 4 is 23.4 Å². The Bertz CT molecular complexity index is 1140. The quantitative estimate of drug-likeness (QED) is 0.463. The zero-order valence-electron chi connectivity index (χ0n) is 20.0. The summed E-state index contributed by atoms with van der Waals surface area (Å²) < 4.78 is 10.6. The summed E-state index contributed by atoms with van der Waals surface area (Å²) in [5, 5.41) is 9.88. The van der Waals surface area contributed by atoms with Gasteiger partial charge in [-0.15, -0.1) is 0 Å². The summed E-state index contributed by atoms with van der Waals surface area (Å²) in [6.45, 7) is 10.4. The fourth-order valence-corrected chi connectivity index (χ4v) is 3.30. The summed E-state index contributed by atoms with van der Waals surface area (Å²) in [6, 6.07) is 11.4. The molecule has 0 aliphatic rings. The summed E-state index contributed by atoms with van der Waals surface area (Å²) in [5.41, 5.74) is 3.74. The molecule has 8 nitrogen and oxygen atoms in total. The van der Waals surface area contributed by atoms with E-state index >= 15 is 0 Å². The Kier molecular flexibility index (Phi) is 7.94. The minimum atomic E-state index is -0.511. The molecule has 0 saturated heterocycles. The molecule has 34 heavy (non-hydrogen) atoms. The topological polar surface area (TPSA) is 106 Å². The number of carbonyl (C=O) groups is 2. The lowest BCUT2D eigenvalue weighted by molar-refractivity contribution is -0.123. The second kappa shape index (κ2) is 10.7. The van der Waals surface area contributed by atoms with Crippen LogP contribution in [0.4, 0.5) is 0 Å². The van der Waals surface area contributed by atoms with Crippen molar-refractivity contribution in [2.45, 2.75) is 40.0 Å². The third-order valence-electron chi connectivity index (χ3n) is 5.14. The van der Waals surface area contributed by atoms with E-state index in [1.807, 2.05) is 38.1 Å². The van der Waals surface area contributed by atoms with Crippen molar-refractivity contribution < 1.29 is 18.8 Å². The van der Waals surface area contributed by atoms with Gasteiger partial charge in [0.25, 0.3) is 5.91 Å². The lowest BCUT2D eigenvalue weighted by atomic mass is 9.87. The van der Waals surface area contributed by atoms with Gasteiger partial charge >= 0.3 is 11.8 Å². The van der Waals surface area contributed by atoms with Gasteiger partial charge in [0.2, 0.25) is 5.82 Å². The maximum Gasteiger partial charge on any atom is 0.316 e. The van der Waals surface area contributed by atoms with Crippen LogP contribution in [0.15, 0.2) is 40.9 Å². The lowest BCUT2D eigenvalue weighted by Gasteiger charge is -2.18. The molecule has 0 unspecified atom stereocenters. The maximum atomic E-state index is 12.3. The highest BCUT2D eigenvalue weighted by atomic mass is 35.5. The molecular weight excluding hydrogens is 456 g/mol. The number of aromatic nitrogens is 2. The van der Waals surface area contributed by atoms with Crippen LogP contribution < -0.4 is 15.4 Å². The second-order valence-corrected chi connectivity index (χ2v) is 9.39. The first-order valence-corrected chi connectivity index (χ1v) is 11.3. The number of hydrogen-bond donors (Lipinski definition) is 2. The van der Waals surface area contributed by atoms with Gasteiger partial charge in [0.15, 0.2) is 6.61 Å². The molecule has 0 spiro atoms. The van der Waals surface area contributed by atoms with E-state index in [1.165, 1.54) is 5.56 Å². The fourth-order valence-electron chi connectivity index (χ4n) is 3.20. The largest absolute Gasteiger partial charge is 0.484 e. The smallest absolute Gasteiger partial charge is 0.316 e. The normalized spacial score (nSPS) is 11.2. The Labute approximate surface area is 204 Å². The Morgan fingerprint density at radius 2 is 1.65 bits per heavy atom. The SMILES string of the molecule is Cc1cc(OCC(=O)NCCNC(=O)c2nc(-c3ccc(C(C)(C)C)cc3)no2)cc(C)c1Cl. The molecule has 1 aromatic heterocycles. The number of nitrogens with zero attached hydrogens (tertiary/aromatic N) is 2. The first-order chi connectivity index (χ1) is 16.0. The summed E-state index contributed by atoms with van der Waals surface area (Å²) in [7, 11) is 0. The van der Waals surface area contributed by atoms with E-state index in [-0.39, 0.29) is 36.9 Å². The van der Waals surface area contributed by atoms with Gasteiger partial charge in [-0.25, -0.2) is 0 Å². The van der Waals surface area contributed by atoms with Crippen LogP contribution >= 0.6 is 11.6 Å². The average Bonchev–Trinajstić information content (AvgIpc) is 3.28. The first-order valence-electron chi connectivity index (χ1n) is 10.9. The van der Waals surface area contributed by atoms with Crippen molar-refractivity contribution in [2.24, 2.45) is 0 Å². The Morgan fingerprint density at radius 1 is 1.03 bits per heavy atom. The van der Waals surface area contributed by atoms with Crippen LogP contribution in [0.1, 0.15) is 48.1 Å². The van der Waals surface area contributed by atoms with Crippen LogP contribution in [-0.4, -0.2) is 41.7 Å². The molecule has 2 amide bonds. The third-order valence-corrected chi connectivity index (χ3v) is 5.74. The molecule has 0 fully saturated rings. The van der Waals surface area contributed by atoms with Crippen molar-refractivity contribution in [1.82, 2.24) is 20.8 Å². The number of benzene rings is 2. The lowest BCUT2D eigenvalue weighted by Crippen LogP contribution is -2.36. The van der Waals surface area contributed by atoms with Crippen LogP contribution in [0.25, 0.3) is 11.4 Å². The molecule has 0 radical (unpaired) electrons. The van der Waals surface area contributed by atoms with Crippen LogP contribution in [-0.2, 0) is 10.2 Å². The zero-order chi connectivity index (χ0) is 24.9. The van der Waals surface area contributed by atoms with Crippen molar-refractivity contribution in [2.75, 3.05) is 19.7 Å². The minimum Gasteiger partial charge on any atom is -0.484 e. The van der Waals surface area contributed by atoms with Gasteiger partial charge in [0.1, 0.15) is 5.75 Å². The molecular formula is C25H29ClN4O4. The van der Waals surface area contributed by atoms with Crippen LogP contribution in [0, 0.1) is 13.8 Å². The highest BCUT2D eigenvalue weighted by molar-refractivity contribution is 6.32. The molecule has 3 rings (SSSR count). The highest BCUT2D eigenvalue weighted by Gasteiger charge is 2.17. The second-order valence-electron chi connectivity index (χ2n) is 9.02. The first kappa shape index (κ1) is 25.2. The van der Waals surface area contributed by atoms with E-state index in [1.54, 1.807) is 12.1 Å². The van der Waals surface area contributed by atoms with Crippen LogP contribution in [0.5, 0.6) is 5.75 Å². The van der Waals surface area contributed by atoms with Gasteiger partial charge in [0.05, 0.1) is 0 Å².